The molecule has 0 fully saturated rings. The molecule has 0 aliphatic rings. The number of halogens is 1. The zero-order valence-electron chi connectivity index (χ0n) is 12.7. The highest BCUT2D eigenvalue weighted by molar-refractivity contribution is 5.95. The summed E-state index contributed by atoms with van der Waals surface area (Å²) in [5.41, 5.74) is 1.50. The van der Waals surface area contributed by atoms with Gasteiger partial charge in [-0.05, 0) is 36.8 Å². The van der Waals surface area contributed by atoms with Gasteiger partial charge in [-0.3, -0.25) is 14.9 Å². The van der Waals surface area contributed by atoms with Crippen molar-refractivity contribution in [2.24, 2.45) is 0 Å². The van der Waals surface area contributed by atoms with E-state index in [0.717, 1.165) is 5.52 Å². The van der Waals surface area contributed by atoms with Crippen molar-refractivity contribution in [1.82, 2.24) is 9.97 Å². The first-order valence-corrected chi connectivity index (χ1v) is 7.11. The van der Waals surface area contributed by atoms with Gasteiger partial charge in [0.25, 0.3) is 5.69 Å². The topological polar surface area (TPSA) is 101 Å². The Morgan fingerprint density at radius 3 is 2.88 bits per heavy atom. The highest BCUT2D eigenvalue weighted by atomic mass is 19.1. The standard InChI is InChI=1S/C16H13FN4O3/c1-9-14(21(23)24)4-5-15(19-9)20-16(22)6-10-8-18-13-3-2-11(17)7-12(10)13/h2-5,7-8,18H,6H2,1H3,(H,19,20,22). The van der Waals surface area contributed by atoms with Crippen LogP contribution in [0.15, 0.2) is 36.5 Å². The fourth-order valence-corrected chi connectivity index (χ4v) is 2.47. The molecule has 0 spiro atoms. The van der Waals surface area contributed by atoms with Crippen LogP contribution < -0.4 is 5.32 Å². The Bertz CT molecular complexity index is 952. The molecule has 0 atom stereocenters. The number of hydrogen-bond donors (Lipinski definition) is 2. The maximum Gasteiger partial charge on any atom is 0.290 e. The van der Waals surface area contributed by atoms with Gasteiger partial charge < -0.3 is 10.3 Å². The number of nitrogens with one attached hydrogen (secondary N) is 2. The summed E-state index contributed by atoms with van der Waals surface area (Å²) in [5, 5.41) is 14.0. The lowest BCUT2D eigenvalue weighted by Crippen LogP contribution is -2.15. The van der Waals surface area contributed by atoms with Gasteiger partial charge in [-0.15, -0.1) is 0 Å². The van der Waals surface area contributed by atoms with Gasteiger partial charge in [0, 0.05) is 23.2 Å². The summed E-state index contributed by atoms with van der Waals surface area (Å²) in [5.74, 6) is -0.494. The van der Waals surface area contributed by atoms with Crippen molar-refractivity contribution in [3.63, 3.8) is 0 Å². The molecule has 3 aromatic rings. The number of carbonyl (C=O) groups excluding carboxylic acids is 1. The monoisotopic (exact) mass is 328 g/mol. The molecule has 0 unspecified atom stereocenters. The van der Waals surface area contributed by atoms with Crippen LogP contribution in [-0.2, 0) is 11.2 Å². The number of aryl methyl sites for hydroxylation is 1. The molecule has 1 aromatic carbocycles. The van der Waals surface area contributed by atoms with Gasteiger partial charge in [-0.1, -0.05) is 0 Å². The molecular weight excluding hydrogens is 315 g/mol. The molecule has 0 radical (unpaired) electrons. The molecule has 0 saturated heterocycles. The minimum atomic E-state index is -0.533. The van der Waals surface area contributed by atoms with Crippen LogP contribution in [0.25, 0.3) is 10.9 Å². The van der Waals surface area contributed by atoms with Crippen molar-refractivity contribution in [2.75, 3.05) is 5.32 Å². The Labute approximate surface area is 135 Å². The number of nitrogens with zero attached hydrogens (tertiary/aromatic N) is 2. The molecule has 7 nitrogen and oxygen atoms in total. The molecule has 0 saturated carbocycles. The van der Waals surface area contributed by atoms with E-state index in [1.165, 1.54) is 31.2 Å². The van der Waals surface area contributed by atoms with Crippen LogP contribution in [0.4, 0.5) is 15.9 Å². The van der Waals surface area contributed by atoms with Crippen molar-refractivity contribution in [2.45, 2.75) is 13.3 Å². The van der Waals surface area contributed by atoms with Crippen LogP contribution in [0, 0.1) is 22.9 Å². The molecule has 8 heteroatoms. The van der Waals surface area contributed by atoms with E-state index in [0.29, 0.717) is 10.9 Å². The van der Waals surface area contributed by atoms with Crippen molar-refractivity contribution >= 4 is 28.3 Å². The number of hydrogen-bond acceptors (Lipinski definition) is 4. The first-order chi connectivity index (χ1) is 11.4. The zero-order valence-corrected chi connectivity index (χ0v) is 12.7. The number of anilines is 1. The van der Waals surface area contributed by atoms with E-state index in [2.05, 4.69) is 15.3 Å². The predicted octanol–water partition coefficient (Wildman–Crippen LogP) is 3.10. The number of pyridine rings is 1. The van der Waals surface area contributed by atoms with E-state index in [-0.39, 0.29) is 35.3 Å². The molecule has 2 aromatic heterocycles. The average Bonchev–Trinajstić information content (AvgIpc) is 2.89. The summed E-state index contributed by atoms with van der Waals surface area (Å²) < 4.78 is 13.3. The summed E-state index contributed by atoms with van der Waals surface area (Å²) in [6.45, 7) is 1.50. The number of amides is 1. The number of aromatic nitrogens is 2. The third-order valence-electron chi connectivity index (χ3n) is 3.60. The number of H-pyrrole nitrogens is 1. The summed E-state index contributed by atoms with van der Waals surface area (Å²) >= 11 is 0. The Morgan fingerprint density at radius 1 is 1.38 bits per heavy atom. The minimum Gasteiger partial charge on any atom is -0.361 e. The first kappa shape index (κ1) is 15.6. The number of aromatic amines is 1. The van der Waals surface area contributed by atoms with Gasteiger partial charge >= 0.3 is 0 Å². The SMILES string of the molecule is Cc1nc(NC(=O)Cc2c[nH]c3ccc(F)cc23)ccc1[N+](=O)[O-]. The van der Waals surface area contributed by atoms with Crippen molar-refractivity contribution in [3.05, 3.63) is 63.7 Å². The molecule has 3 rings (SSSR count). The van der Waals surface area contributed by atoms with Crippen LogP contribution in [-0.4, -0.2) is 20.8 Å². The predicted molar refractivity (Wildman–Crippen MR) is 86.2 cm³/mol. The van der Waals surface area contributed by atoms with Crippen LogP contribution in [0.2, 0.25) is 0 Å². The van der Waals surface area contributed by atoms with E-state index >= 15 is 0 Å². The second-order valence-corrected chi connectivity index (χ2v) is 5.29. The minimum absolute atomic E-state index is 0.0289. The number of nitro groups is 1. The summed E-state index contributed by atoms with van der Waals surface area (Å²) in [6, 6.07) is 6.97. The van der Waals surface area contributed by atoms with E-state index < -0.39 is 4.92 Å². The Morgan fingerprint density at radius 2 is 2.17 bits per heavy atom. The summed E-state index contributed by atoms with van der Waals surface area (Å²) in [4.78, 5) is 29.4. The molecular formula is C16H13FN4O3. The van der Waals surface area contributed by atoms with Crippen LogP contribution in [0.1, 0.15) is 11.3 Å². The van der Waals surface area contributed by atoms with Crippen LogP contribution in [0.3, 0.4) is 0 Å². The molecule has 1 amide bonds. The lowest BCUT2D eigenvalue weighted by atomic mass is 10.1. The smallest absolute Gasteiger partial charge is 0.290 e. The van der Waals surface area contributed by atoms with Crippen LogP contribution in [0.5, 0.6) is 0 Å². The second kappa shape index (κ2) is 6.07. The third-order valence-corrected chi connectivity index (χ3v) is 3.60. The van der Waals surface area contributed by atoms with Gasteiger partial charge in [0.2, 0.25) is 5.91 Å². The zero-order chi connectivity index (χ0) is 17.3. The average molecular weight is 328 g/mol. The van der Waals surface area contributed by atoms with Gasteiger partial charge in [0.1, 0.15) is 17.3 Å². The normalized spacial score (nSPS) is 10.8. The second-order valence-electron chi connectivity index (χ2n) is 5.29. The van der Waals surface area contributed by atoms with Crippen LogP contribution >= 0.6 is 0 Å². The summed E-state index contributed by atoms with van der Waals surface area (Å²) in [6.07, 6.45) is 1.68. The number of carbonyl (C=O) groups is 1. The van der Waals surface area contributed by atoms with Gasteiger partial charge in [0.15, 0.2) is 0 Å². The Kier molecular flexibility index (Phi) is 3.95. The maximum atomic E-state index is 13.3. The molecule has 122 valence electrons. The molecule has 2 N–H and O–H groups in total. The quantitative estimate of drug-likeness (QED) is 0.567. The number of rotatable bonds is 4. The molecule has 0 aliphatic carbocycles. The first-order valence-electron chi connectivity index (χ1n) is 7.11. The molecule has 0 bridgehead atoms. The number of fused-ring (bicyclic) bond motifs is 1. The van der Waals surface area contributed by atoms with Crippen molar-refractivity contribution in [1.29, 1.82) is 0 Å². The third kappa shape index (κ3) is 3.07. The van der Waals surface area contributed by atoms with Gasteiger partial charge in [-0.25, -0.2) is 9.37 Å². The van der Waals surface area contributed by atoms with E-state index in [1.807, 2.05) is 0 Å². The van der Waals surface area contributed by atoms with E-state index in [9.17, 15) is 19.3 Å². The Balaban J connectivity index is 1.76. The lowest BCUT2D eigenvalue weighted by Gasteiger charge is -2.05. The van der Waals surface area contributed by atoms with Crippen molar-refractivity contribution in [3.8, 4) is 0 Å². The van der Waals surface area contributed by atoms with Crippen molar-refractivity contribution < 1.29 is 14.1 Å². The molecule has 24 heavy (non-hydrogen) atoms. The van der Waals surface area contributed by atoms with Gasteiger partial charge in [0.05, 0.1) is 11.3 Å². The van der Waals surface area contributed by atoms with Gasteiger partial charge in [-0.2, -0.15) is 0 Å². The Hall–Kier alpha value is -3.29. The fourth-order valence-electron chi connectivity index (χ4n) is 2.47. The largest absolute Gasteiger partial charge is 0.361 e. The highest BCUT2D eigenvalue weighted by Gasteiger charge is 2.14. The fraction of sp³-hybridized carbons (Fsp3) is 0.125. The number of benzene rings is 1. The molecule has 2 heterocycles. The summed E-state index contributed by atoms with van der Waals surface area (Å²) in [7, 11) is 0. The van der Waals surface area contributed by atoms with E-state index in [1.54, 1.807) is 12.3 Å². The maximum absolute atomic E-state index is 13.3. The highest BCUT2D eigenvalue weighted by Crippen LogP contribution is 2.21. The lowest BCUT2D eigenvalue weighted by molar-refractivity contribution is -0.385. The van der Waals surface area contributed by atoms with E-state index in [4.69, 9.17) is 0 Å². The molecule has 0 aliphatic heterocycles.